The summed E-state index contributed by atoms with van der Waals surface area (Å²) < 4.78 is 0. The molecule has 0 aliphatic heterocycles. The molecular formula is C11H20N4O. The molecule has 0 fully saturated rings. The zero-order valence-electron chi connectivity index (χ0n) is 10.1. The van der Waals surface area contributed by atoms with Crippen LogP contribution in [0.4, 0.5) is 0 Å². The van der Waals surface area contributed by atoms with Crippen molar-refractivity contribution in [1.29, 1.82) is 0 Å². The lowest BCUT2D eigenvalue weighted by molar-refractivity contribution is 0.0948. The molecule has 1 unspecified atom stereocenters. The highest BCUT2D eigenvalue weighted by molar-refractivity contribution is 5.92. The SMILES string of the molecule is CC(C)C(C)NCCNC(=O)c1ccn[nH]1. The Morgan fingerprint density at radius 2 is 2.19 bits per heavy atom. The molecule has 3 N–H and O–H groups in total. The number of carbonyl (C=O) groups excluding carboxylic acids is 1. The van der Waals surface area contributed by atoms with Gasteiger partial charge in [-0.05, 0) is 18.9 Å². The second kappa shape index (κ2) is 6.27. The van der Waals surface area contributed by atoms with Crippen molar-refractivity contribution in [3.05, 3.63) is 18.0 Å². The molecule has 1 heterocycles. The summed E-state index contributed by atoms with van der Waals surface area (Å²) >= 11 is 0. The van der Waals surface area contributed by atoms with Crippen molar-refractivity contribution in [3.63, 3.8) is 0 Å². The van der Waals surface area contributed by atoms with Gasteiger partial charge in [0.1, 0.15) is 5.69 Å². The highest BCUT2D eigenvalue weighted by atomic mass is 16.1. The topological polar surface area (TPSA) is 69.8 Å². The lowest BCUT2D eigenvalue weighted by Crippen LogP contribution is -2.38. The molecule has 1 rings (SSSR count). The molecule has 0 aliphatic rings. The summed E-state index contributed by atoms with van der Waals surface area (Å²) in [4.78, 5) is 11.5. The maximum atomic E-state index is 11.5. The van der Waals surface area contributed by atoms with Crippen molar-refractivity contribution in [2.45, 2.75) is 26.8 Å². The summed E-state index contributed by atoms with van der Waals surface area (Å²) in [6.45, 7) is 7.87. The minimum atomic E-state index is -0.114. The number of H-pyrrole nitrogens is 1. The predicted octanol–water partition coefficient (Wildman–Crippen LogP) is 0.774. The summed E-state index contributed by atoms with van der Waals surface area (Å²) in [5, 5.41) is 12.5. The molecule has 1 aromatic rings. The van der Waals surface area contributed by atoms with Crippen LogP contribution < -0.4 is 10.6 Å². The van der Waals surface area contributed by atoms with Crippen LogP contribution in [0.3, 0.4) is 0 Å². The Balaban J connectivity index is 2.14. The average Bonchev–Trinajstić information content (AvgIpc) is 2.76. The van der Waals surface area contributed by atoms with Gasteiger partial charge in [-0.1, -0.05) is 13.8 Å². The van der Waals surface area contributed by atoms with Crippen molar-refractivity contribution in [2.24, 2.45) is 5.92 Å². The first-order valence-electron chi connectivity index (χ1n) is 5.62. The van der Waals surface area contributed by atoms with E-state index >= 15 is 0 Å². The van der Waals surface area contributed by atoms with Gasteiger partial charge in [0.25, 0.3) is 5.91 Å². The Morgan fingerprint density at radius 3 is 2.75 bits per heavy atom. The highest BCUT2D eigenvalue weighted by Crippen LogP contribution is 1.98. The first kappa shape index (κ1) is 12.7. The van der Waals surface area contributed by atoms with Gasteiger partial charge >= 0.3 is 0 Å². The van der Waals surface area contributed by atoms with Crippen LogP contribution in [0.25, 0.3) is 0 Å². The molecule has 0 saturated heterocycles. The van der Waals surface area contributed by atoms with E-state index in [1.54, 1.807) is 12.3 Å². The van der Waals surface area contributed by atoms with Gasteiger partial charge in [0, 0.05) is 25.3 Å². The van der Waals surface area contributed by atoms with E-state index in [9.17, 15) is 4.79 Å². The molecule has 0 saturated carbocycles. The molecular weight excluding hydrogens is 204 g/mol. The van der Waals surface area contributed by atoms with Gasteiger partial charge in [-0.2, -0.15) is 5.10 Å². The molecule has 0 bridgehead atoms. The first-order valence-corrected chi connectivity index (χ1v) is 5.62. The molecule has 90 valence electrons. The number of hydrogen-bond donors (Lipinski definition) is 3. The van der Waals surface area contributed by atoms with Gasteiger partial charge in [-0.15, -0.1) is 0 Å². The van der Waals surface area contributed by atoms with Crippen molar-refractivity contribution in [3.8, 4) is 0 Å². The van der Waals surface area contributed by atoms with E-state index in [4.69, 9.17) is 0 Å². The van der Waals surface area contributed by atoms with Gasteiger partial charge in [0.2, 0.25) is 0 Å². The third-order valence-electron chi connectivity index (χ3n) is 2.62. The van der Waals surface area contributed by atoms with E-state index in [-0.39, 0.29) is 5.91 Å². The van der Waals surface area contributed by atoms with Crippen molar-refractivity contribution in [1.82, 2.24) is 20.8 Å². The summed E-state index contributed by atoms with van der Waals surface area (Å²) in [7, 11) is 0. The Morgan fingerprint density at radius 1 is 1.44 bits per heavy atom. The van der Waals surface area contributed by atoms with E-state index in [0.29, 0.717) is 24.2 Å². The first-order chi connectivity index (χ1) is 7.61. The molecule has 1 amide bonds. The van der Waals surface area contributed by atoms with Gasteiger partial charge in [-0.3, -0.25) is 9.89 Å². The van der Waals surface area contributed by atoms with Crippen LogP contribution >= 0.6 is 0 Å². The van der Waals surface area contributed by atoms with Crippen LogP contribution in [0.5, 0.6) is 0 Å². The van der Waals surface area contributed by atoms with Gasteiger partial charge in [-0.25, -0.2) is 0 Å². The Kier molecular flexibility index (Phi) is 4.98. The molecule has 1 atom stereocenters. The number of aromatic amines is 1. The molecule has 0 aliphatic carbocycles. The van der Waals surface area contributed by atoms with Crippen LogP contribution in [0.2, 0.25) is 0 Å². The van der Waals surface area contributed by atoms with E-state index < -0.39 is 0 Å². The van der Waals surface area contributed by atoms with Gasteiger partial charge in [0.15, 0.2) is 0 Å². The molecule has 0 aromatic carbocycles. The normalized spacial score (nSPS) is 12.8. The molecule has 0 radical (unpaired) electrons. The number of rotatable bonds is 6. The zero-order valence-corrected chi connectivity index (χ0v) is 10.1. The average molecular weight is 224 g/mol. The lowest BCUT2D eigenvalue weighted by atomic mass is 10.1. The molecule has 1 aromatic heterocycles. The fourth-order valence-corrected chi connectivity index (χ4v) is 1.19. The highest BCUT2D eigenvalue weighted by Gasteiger charge is 2.07. The Bertz CT molecular complexity index is 308. The van der Waals surface area contributed by atoms with Crippen molar-refractivity contribution < 1.29 is 4.79 Å². The molecule has 16 heavy (non-hydrogen) atoms. The summed E-state index contributed by atoms with van der Waals surface area (Å²) in [5.74, 6) is 0.486. The lowest BCUT2D eigenvalue weighted by Gasteiger charge is -2.17. The van der Waals surface area contributed by atoms with Crippen LogP contribution in [0, 0.1) is 5.92 Å². The predicted molar refractivity (Wildman–Crippen MR) is 63.2 cm³/mol. The Hall–Kier alpha value is -1.36. The zero-order chi connectivity index (χ0) is 12.0. The second-order valence-electron chi connectivity index (χ2n) is 4.21. The minimum Gasteiger partial charge on any atom is -0.349 e. The summed E-state index contributed by atoms with van der Waals surface area (Å²) in [5.41, 5.74) is 0.497. The molecule has 0 spiro atoms. The van der Waals surface area contributed by atoms with Crippen molar-refractivity contribution in [2.75, 3.05) is 13.1 Å². The number of aromatic nitrogens is 2. The van der Waals surface area contributed by atoms with Crippen LogP contribution in [0.1, 0.15) is 31.3 Å². The van der Waals surface area contributed by atoms with Crippen LogP contribution in [-0.4, -0.2) is 35.2 Å². The third-order valence-corrected chi connectivity index (χ3v) is 2.62. The molecule has 5 nitrogen and oxygen atoms in total. The number of carbonyl (C=O) groups is 1. The number of nitrogens with one attached hydrogen (secondary N) is 3. The minimum absolute atomic E-state index is 0.114. The number of nitrogens with zero attached hydrogens (tertiary/aromatic N) is 1. The second-order valence-corrected chi connectivity index (χ2v) is 4.21. The fraction of sp³-hybridized carbons (Fsp3) is 0.636. The Labute approximate surface area is 96.0 Å². The van der Waals surface area contributed by atoms with E-state index in [0.717, 1.165) is 6.54 Å². The standard InChI is InChI=1S/C11H20N4O/c1-8(2)9(3)12-6-7-13-11(16)10-4-5-14-15-10/h4-5,8-9,12H,6-7H2,1-3H3,(H,13,16)(H,14,15). The fourth-order valence-electron chi connectivity index (χ4n) is 1.19. The number of hydrogen-bond acceptors (Lipinski definition) is 3. The van der Waals surface area contributed by atoms with E-state index in [1.165, 1.54) is 0 Å². The van der Waals surface area contributed by atoms with Crippen LogP contribution in [0.15, 0.2) is 12.3 Å². The van der Waals surface area contributed by atoms with E-state index in [1.807, 2.05) is 0 Å². The summed E-state index contributed by atoms with van der Waals surface area (Å²) in [6, 6.07) is 2.11. The van der Waals surface area contributed by atoms with Gasteiger partial charge < -0.3 is 10.6 Å². The third kappa shape index (κ3) is 4.02. The quantitative estimate of drug-likeness (QED) is 0.625. The number of amides is 1. The maximum Gasteiger partial charge on any atom is 0.269 e. The van der Waals surface area contributed by atoms with Gasteiger partial charge in [0.05, 0.1) is 0 Å². The smallest absolute Gasteiger partial charge is 0.269 e. The maximum absolute atomic E-state index is 11.5. The largest absolute Gasteiger partial charge is 0.349 e. The molecule has 5 heteroatoms. The van der Waals surface area contributed by atoms with Crippen LogP contribution in [-0.2, 0) is 0 Å². The summed E-state index contributed by atoms with van der Waals surface area (Å²) in [6.07, 6.45) is 1.56. The monoisotopic (exact) mass is 224 g/mol. The van der Waals surface area contributed by atoms with E-state index in [2.05, 4.69) is 41.6 Å². The van der Waals surface area contributed by atoms with Crippen molar-refractivity contribution >= 4 is 5.91 Å².